The van der Waals surface area contributed by atoms with E-state index in [-0.39, 0.29) is 17.6 Å². The van der Waals surface area contributed by atoms with Gasteiger partial charge in [0.15, 0.2) is 5.78 Å². The zero-order valence-electron chi connectivity index (χ0n) is 17.5. The molecule has 30 heavy (non-hydrogen) atoms. The Bertz CT molecular complexity index is 1050. The summed E-state index contributed by atoms with van der Waals surface area (Å²) in [6.45, 7) is 4.03. The highest BCUT2D eigenvalue weighted by atomic mass is 35.5. The summed E-state index contributed by atoms with van der Waals surface area (Å²) in [6, 6.07) is 11.4. The summed E-state index contributed by atoms with van der Waals surface area (Å²) in [5.74, 6) is 2.62. The Labute approximate surface area is 182 Å². The molecular formula is C26H27ClO3. The Morgan fingerprint density at radius 3 is 2.27 bits per heavy atom. The first-order chi connectivity index (χ1) is 14.5. The van der Waals surface area contributed by atoms with Crippen molar-refractivity contribution in [2.45, 2.75) is 46.0 Å². The molecule has 4 aliphatic rings. The fourth-order valence-corrected chi connectivity index (χ4v) is 6.05. The van der Waals surface area contributed by atoms with Crippen molar-refractivity contribution in [1.29, 1.82) is 0 Å². The van der Waals surface area contributed by atoms with Crippen molar-refractivity contribution in [3.05, 3.63) is 63.9 Å². The van der Waals surface area contributed by atoms with E-state index in [2.05, 4.69) is 6.92 Å². The highest BCUT2D eigenvalue weighted by Gasteiger charge is 2.54. The van der Waals surface area contributed by atoms with Gasteiger partial charge >= 0.3 is 0 Å². The van der Waals surface area contributed by atoms with E-state index in [4.69, 9.17) is 16.3 Å². The number of aliphatic hydroxyl groups excluding tert-OH is 1. The maximum atomic E-state index is 13.5. The summed E-state index contributed by atoms with van der Waals surface area (Å²) in [6.07, 6.45) is 5.30. The van der Waals surface area contributed by atoms with E-state index in [1.165, 1.54) is 0 Å². The Morgan fingerprint density at radius 1 is 1.00 bits per heavy atom. The average Bonchev–Trinajstić information content (AvgIpc) is 3.04. The molecule has 0 amide bonds. The number of carbonyl (C=O) groups is 1. The van der Waals surface area contributed by atoms with Crippen LogP contribution in [0.4, 0.5) is 0 Å². The third-order valence-corrected chi connectivity index (χ3v) is 7.86. The fraction of sp³-hybridized carbons (Fsp3) is 0.423. The Morgan fingerprint density at radius 2 is 1.63 bits per heavy atom. The monoisotopic (exact) mass is 422 g/mol. The lowest BCUT2D eigenvalue weighted by molar-refractivity contribution is -0.123. The number of benzene rings is 2. The van der Waals surface area contributed by atoms with Gasteiger partial charge < -0.3 is 9.84 Å². The molecule has 0 aromatic heterocycles. The van der Waals surface area contributed by atoms with Crippen LogP contribution < -0.4 is 4.74 Å². The van der Waals surface area contributed by atoms with Gasteiger partial charge in [-0.1, -0.05) is 30.7 Å². The predicted octanol–water partition coefficient (Wildman–Crippen LogP) is 6.91. The van der Waals surface area contributed by atoms with Crippen molar-refractivity contribution >= 4 is 23.0 Å². The van der Waals surface area contributed by atoms with E-state index in [1.807, 2.05) is 37.3 Å². The van der Waals surface area contributed by atoms with Gasteiger partial charge in [0.05, 0.1) is 5.57 Å². The second-order valence-corrected chi connectivity index (χ2v) is 9.44. The van der Waals surface area contributed by atoms with Crippen LogP contribution in [-0.4, -0.2) is 10.9 Å². The molecule has 3 fully saturated rings. The molecule has 2 aromatic carbocycles. The predicted molar refractivity (Wildman–Crippen MR) is 119 cm³/mol. The number of halogens is 1. The molecule has 4 heteroatoms. The first-order valence-corrected chi connectivity index (χ1v) is 11.4. The SMILES string of the molecule is CCc1ccc(Oc2ccc(C)c(Cl)c2)cc1C1=C(O)C2C3CCC(CC3)C2C1=O. The number of rotatable bonds is 4. The van der Waals surface area contributed by atoms with E-state index in [9.17, 15) is 9.90 Å². The van der Waals surface area contributed by atoms with Crippen molar-refractivity contribution in [3.8, 4) is 11.5 Å². The molecule has 6 rings (SSSR count). The lowest BCUT2D eigenvalue weighted by Crippen LogP contribution is -2.41. The Kier molecular flexibility index (Phi) is 4.89. The van der Waals surface area contributed by atoms with Crippen LogP contribution in [0.5, 0.6) is 11.5 Å². The summed E-state index contributed by atoms with van der Waals surface area (Å²) in [7, 11) is 0. The van der Waals surface area contributed by atoms with E-state index in [0.717, 1.165) is 48.8 Å². The van der Waals surface area contributed by atoms with Crippen LogP contribution in [0.3, 0.4) is 0 Å². The largest absolute Gasteiger partial charge is 0.511 e. The van der Waals surface area contributed by atoms with Crippen molar-refractivity contribution < 1.29 is 14.6 Å². The van der Waals surface area contributed by atoms with Crippen LogP contribution in [0.15, 0.2) is 42.2 Å². The number of aliphatic hydroxyl groups is 1. The van der Waals surface area contributed by atoms with Gasteiger partial charge in [-0.2, -0.15) is 0 Å². The number of aryl methyl sites for hydroxylation is 2. The van der Waals surface area contributed by atoms with Crippen molar-refractivity contribution in [2.75, 3.05) is 0 Å². The molecule has 4 aliphatic carbocycles. The van der Waals surface area contributed by atoms with Crippen LogP contribution in [0.1, 0.15) is 49.3 Å². The zero-order chi connectivity index (χ0) is 21.0. The van der Waals surface area contributed by atoms with Gasteiger partial charge in [0.2, 0.25) is 0 Å². The molecule has 0 radical (unpaired) electrons. The van der Waals surface area contributed by atoms with Crippen LogP contribution in [-0.2, 0) is 11.2 Å². The fourth-order valence-electron chi connectivity index (χ4n) is 5.88. The lowest BCUT2D eigenvalue weighted by atomic mass is 9.59. The minimum atomic E-state index is -0.0299. The van der Waals surface area contributed by atoms with Crippen molar-refractivity contribution in [1.82, 2.24) is 0 Å². The van der Waals surface area contributed by atoms with Crippen LogP contribution in [0.25, 0.3) is 5.57 Å². The number of fused-ring (bicyclic) bond motifs is 2. The second-order valence-electron chi connectivity index (χ2n) is 9.04. The van der Waals surface area contributed by atoms with Gasteiger partial charge in [0.1, 0.15) is 17.3 Å². The van der Waals surface area contributed by atoms with Crippen LogP contribution in [0.2, 0.25) is 5.02 Å². The molecule has 2 bridgehead atoms. The molecule has 2 atom stereocenters. The Hall–Kier alpha value is -2.26. The molecule has 3 saturated carbocycles. The summed E-state index contributed by atoms with van der Waals surface area (Å²) in [5.41, 5.74) is 3.41. The highest BCUT2D eigenvalue weighted by Crippen LogP contribution is 2.57. The van der Waals surface area contributed by atoms with Crippen LogP contribution in [0, 0.1) is 30.6 Å². The average molecular weight is 423 g/mol. The second kappa shape index (κ2) is 7.46. The molecule has 3 nitrogen and oxygen atoms in total. The molecule has 0 heterocycles. The lowest BCUT2D eigenvalue weighted by Gasteiger charge is -2.44. The minimum Gasteiger partial charge on any atom is -0.511 e. The number of Topliss-reactive ketones (excluding diaryl/α,β-unsaturated/α-hetero) is 1. The summed E-state index contributed by atoms with van der Waals surface area (Å²) < 4.78 is 6.06. The smallest absolute Gasteiger partial charge is 0.170 e. The summed E-state index contributed by atoms with van der Waals surface area (Å²) >= 11 is 6.24. The minimum absolute atomic E-state index is 0.0187. The quantitative estimate of drug-likeness (QED) is 0.582. The zero-order valence-corrected chi connectivity index (χ0v) is 18.2. The number of ether oxygens (including phenoxy) is 1. The molecule has 0 aliphatic heterocycles. The first-order valence-electron chi connectivity index (χ1n) is 11.0. The maximum absolute atomic E-state index is 13.5. The molecule has 2 unspecified atom stereocenters. The first kappa shape index (κ1) is 19.7. The third-order valence-electron chi connectivity index (χ3n) is 7.45. The topological polar surface area (TPSA) is 46.5 Å². The van der Waals surface area contributed by atoms with Gasteiger partial charge in [-0.15, -0.1) is 0 Å². The van der Waals surface area contributed by atoms with Gasteiger partial charge in [-0.3, -0.25) is 4.79 Å². The van der Waals surface area contributed by atoms with E-state index >= 15 is 0 Å². The third kappa shape index (κ3) is 3.06. The van der Waals surface area contributed by atoms with Gasteiger partial charge in [-0.25, -0.2) is 0 Å². The highest BCUT2D eigenvalue weighted by molar-refractivity contribution is 6.31. The van der Waals surface area contributed by atoms with E-state index < -0.39 is 0 Å². The molecule has 156 valence electrons. The number of carbonyl (C=O) groups excluding carboxylic acids is 1. The van der Waals surface area contributed by atoms with E-state index in [1.54, 1.807) is 6.07 Å². The maximum Gasteiger partial charge on any atom is 0.170 e. The van der Waals surface area contributed by atoms with Crippen molar-refractivity contribution in [3.63, 3.8) is 0 Å². The number of ketones is 1. The van der Waals surface area contributed by atoms with Crippen molar-refractivity contribution in [2.24, 2.45) is 23.7 Å². The van der Waals surface area contributed by atoms with E-state index in [0.29, 0.717) is 39.7 Å². The number of hydrogen-bond acceptors (Lipinski definition) is 3. The molecule has 1 N–H and O–H groups in total. The van der Waals surface area contributed by atoms with Gasteiger partial charge in [0.25, 0.3) is 0 Å². The molecular weight excluding hydrogens is 396 g/mol. The van der Waals surface area contributed by atoms with Crippen LogP contribution >= 0.6 is 11.6 Å². The standard InChI is InChI=1S/C26H27ClO3/c1-3-15-9-11-18(30-19-10-4-14(2)21(27)13-19)12-20(15)24-25(28)22-16-5-6-17(8-7-16)23(22)26(24)29/h4,9-13,16-17,22-23,28H,3,5-8H2,1-2H3. The normalized spacial score (nSPS) is 27.5. The number of allylic oxidation sites excluding steroid dienone is 2. The number of hydrogen-bond donors (Lipinski definition) is 1. The Balaban J connectivity index is 1.54. The molecule has 0 spiro atoms. The molecule has 0 saturated heterocycles. The molecule has 2 aromatic rings. The summed E-state index contributed by atoms with van der Waals surface area (Å²) in [4.78, 5) is 13.5. The van der Waals surface area contributed by atoms with Gasteiger partial charge in [-0.05, 0) is 91.8 Å². The summed E-state index contributed by atoms with van der Waals surface area (Å²) in [5, 5.41) is 11.9. The van der Waals surface area contributed by atoms with Gasteiger partial charge in [0, 0.05) is 16.9 Å².